The number of halogens is 1. The first-order chi connectivity index (χ1) is 11.9. The molecule has 0 aromatic heterocycles. The summed E-state index contributed by atoms with van der Waals surface area (Å²) in [6.07, 6.45) is 0. The maximum Gasteiger partial charge on any atom is 0.326 e. The molecule has 1 aromatic rings. The average molecular weight is 369 g/mol. The van der Waals surface area contributed by atoms with Gasteiger partial charge in [0.2, 0.25) is 5.91 Å². The fraction of sp³-hybridized carbons (Fsp3) is 0.333. The summed E-state index contributed by atoms with van der Waals surface area (Å²) in [5, 5.41) is 4.56. The number of carbonyl (C=O) groups excluding carboxylic acids is 4. The van der Waals surface area contributed by atoms with Crippen molar-refractivity contribution in [2.45, 2.75) is 0 Å². The topological polar surface area (TPSA) is 105 Å². The van der Waals surface area contributed by atoms with Gasteiger partial charge < -0.3 is 20.3 Å². The first-order valence-corrected chi connectivity index (χ1v) is 8.32. The minimum Gasteiger partial charge on any atom is -0.454 e. The van der Waals surface area contributed by atoms with E-state index in [1.165, 1.54) is 29.2 Å². The molecule has 1 heterocycles. The largest absolute Gasteiger partial charge is 0.454 e. The molecule has 2 N–H and O–H groups in total. The van der Waals surface area contributed by atoms with Crippen LogP contribution >= 0.6 is 11.8 Å². The summed E-state index contributed by atoms with van der Waals surface area (Å²) >= 11 is 1.12. The molecule has 1 aliphatic rings. The van der Waals surface area contributed by atoms with Crippen LogP contribution in [-0.4, -0.2) is 59.9 Å². The van der Waals surface area contributed by atoms with Gasteiger partial charge in [0.05, 0.1) is 6.54 Å². The van der Waals surface area contributed by atoms with E-state index in [1.54, 1.807) is 0 Å². The van der Waals surface area contributed by atoms with Crippen molar-refractivity contribution in [2.75, 3.05) is 37.3 Å². The lowest BCUT2D eigenvalue weighted by molar-refractivity contribution is -0.148. The van der Waals surface area contributed by atoms with Gasteiger partial charge in [0.15, 0.2) is 6.61 Å². The number of amides is 3. The van der Waals surface area contributed by atoms with Crippen LogP contribution in [0.1, 0.15) is 0 Å². The van der Waals surface area contributed by atoms with Gasteiger partial charge in [-0.3, -0.25) is 19.2 Å². The Morgan fingerprint density at radius 1 is 1.20 bits per heavy atom. The Balaban J connectivity index is 1.62. The average Bonchev–Trinajstić information content (AvgIpc) is 2.98. The highest BCUT2D eigenvalue weighted by Crippen LogP contribution is 2.16. The Labute approximate surface area is 147 Å². The highest BCUT2D eigenvalue weighted by Gasteiger charge is 2.24. The maximum absolute atomic E-state index is 12.7. The first-order valence-electron chi connectivity index (χ1n) is 7.33. The zero-order valence-electron chi connectivity index (χ0n) is 13.1. The van der Waals surface area contributed by atoms with E-state index in [0.717, 1.165) is 11.8 Å². The van der Waals surface area contributed by atoms with Crippen molar-refractivity contribution in [3.63, 3.8) is 0 Å². The van der Waals surface area contributed by atoms with Crippen LogP contribution in [0.15, 0.2) is 24.3 Å². The third-order valence-electron chi connectivity index (χ3n) is 3.10. The van der Waals surface area contributed by atoms with Crippen LogP contribution in [0.4, 0.5) is 14.9 Å². The fourth-order valence-corrected chi connectivity index (χ4v) is 2.71. The van der Waals surface area contributed by atoms with Crippen molar-refractivity contribution in [3.8, 4) is 0 Å². The molecule has 1 saturated heterocycles. The Morgan fingerprint density at radius 3 is 2.56 bits per heavy atom. The van der Waals surface area contributed by atoms with Gasteiger partial charge in [0, 0.05) is 18.0 Å². The van der Waals surface area contributed by atoms with E-state index in [0.29, 0.717) is 18.0 Å². The molecule has 25 heavy (non-hydrogen) atoms. The molecule has 10 heteroatoms. The van der Waals surface area contributed by atoms with E-state index in [2.05, 4.69) is 10.6 Å². The number of thioether (sulfide) groups is 1. The lowest BCUT2D eigenvalue weighted by Gasteiger charge is -2.13. The highest BCUT2D eigenvalue weighted by molar-refractivity contribution is 8.13. The van der Waals surface area contributed by atoms with E-state index in [4.69, 9.17) is 4.74 Å². The van der Waals surface area contributed by atoms with E-state index in [9.17, 15) is 23.6 Å². The summed E-state index contributed by atoms with van der Waals surface area (Å²) in [6, 6.07) is 5.15. The third kappa shape index (κ3) is 6.42. The van der Waals surface area contributed by atoms with Gasteiger partial charge in [0.25, 0.3) is 11.1 Å². The molecule has 0 aliphatic carbocycles. The molecular formula is C15H16FN3O5S. The second-order valence-electron chi connectivity index (χ2n) is 5.03. The van der Waals surface area contributed by atoms with Crippen LogP contribution in [0.25, 0.3) is 0 Å². The number of anilines is 1. The number of hydrogen-bond acceptors (Lipinski definition) is 6. The number of nitrogens with zero attached hydrogens (tertiary/aromatic N) is 1. The zero-order valence-corrected chi connectivity index (χ0v) is 13.9. The van der Waals surface area contributed by atoms with Crippen LogP contribution < -0.4 is 10.6 Å². The molecule has 1 aliphatic heterocycles. The van der Waals surface area contributed by atoms with Crippen molar-refractivity contribution >= 4 is 40.5 Å². The number of hydrogen-bond donors (Lipinski definition) is 2. The molecule has 8 nitrogen and oxygen atoms in total. The number of benzene rings is 1. The van der Waals surface area contributed by atoms with Crippen molar-refractivity contribution < 1.29 is 28.3 Å². The van der Waals surface area contributed by atoms with Crippen LogP contribution in [-0.2, 0) is 19.1 Å². The monoisotopic (exact) mass is 369 g/mol. The standard InChI is InChI=1S/C15H16FN3O5S/c16-10-1-3-11(4-2-10)18-12(20)7-17-13(21)9-24-14(22)8-19-5-6-25-15(19)23/h1-4H,5-9H2,(H,17,21)(H,18,20). The number of esters is 1. The van der Waals surface area contributed by atoms with Crippen LogP contribution in [0.2, 0.25) is 0 Å². The molecule has 1 aromatic carbocycles. The van der Waals surface area contributed by atoms with Gasteiger partial charge in [-0.2, -0.15) is 0 Å². The van der Waals surface area contributed by atoms with E-state index < -0.39 is 30.2 Å². The van der Waals surface area contributed by atoms with Gasteiger partial charge in [-0.1, -0.05) is 11.8 Å². The number of rotatable bonds is 7. The maximum atomic E-state index is 12.7. The molecule has 1 fully saturated rings. The number of ether oxygens (including phenoxy) is 1. The smallest absolute Gasteiger partial charge is 0.326 e. The molecule has 0 spiro atoms. The molecular weight excluding hydrogens is 353 g/mol. The Kier molecular flexibility index (Phi) is 6.75. The van der Waals surface area contributed by atoms with Crippen molar-refractivity contribution in [1.29, 1.82) is 0 Å². The highest BCUT2D eigenvalue weighted by atomic mass is 32.2. The molecule has 0 unspecified atom stereocenters. The lowest BCUT2D eigenvalue weighted by Crippen LogP contribution is -2.37. The van der Waals surface area contributed by atoms with E-state index >= 15 is 0 Å². The summed E-state index contributed by atoms with van der Waals surface area (Å²) in [6.45, 7) is -0.606. The summed E-state index contributed by atoms with van der Waals surface area (Å²) in [4.78, 5) is 47.4. The molecule has 0 radical (unpaired) electrons. The van der Waals surface area contributed by atoms with Crippen molar-refractivity contribution in [2.24, 2.45) is 0 Å². The van der Waals surface area contributed by atoms with Gasteiger partial charge in [0.1, 0.15) is 12.4 Å². The molecule has 0 saturated carbocycles. The van der Waals surface area contributed by atoms with Crippen LogP contribution in [0, 0.1) is 5.82 Å². The Morgan fingerprint density at radius 2 is 1.92 bits per heavy atom. The summed E-state index contributed by atoms with van der Waals surface area (Å²) in [7, 11) is 0. The SMILES string of the molecule is O=C(COC(=O)CN1CCSC1=O)NCC(=O)Nc1ccc(F)cc1. The summed E-state index contributed by atoms with van der Waals surface area (Å²) < 4.78 is 17.5. The van der Waals surface area contributed by atoms with Gasteiger partial charge in [-0.25, -0.2) is 4.39 Å². The first kappa shape index (κ1) is 18.7. The number of nitrogens with one attached hydrogen (secondary N) is 2. The van der Waals surface area contributed by atoms with Gasteiger partial charge >= 0.3 is 5.97 Å². The Bertz CT molecular complexity index is 668. The second kappa shape index (κ2) is 9.02. The van der Waals surface area contributed by atoms with Crippen LogP contribution in [0.3, 0.4) is 0 Å². The molecule has 134 valence electrons. The minimum absolute atomic E-state index is 0.195. The Hall–Kier alpha value is -2.62. The zero-order chi connectivity index (χ0) is 18.2. The molecule has 3 amide bonds. The quantitative estimate of drug-likeness (QED) is 0.682. The lowest BCUT2D eigenvalue weighted by atomic mass is 10.3. The second-order valence-corrected chi connectivity index (χ2v) is 6.07. The summed E-state index contributed by atoms with van der Waals surface area (Å²) in [5.74, 6) is -1.66. The molecule has 0 bridgehead atoms. The van der Waals surface area contributed by atoms with Crippen LogP contribution in [0.5, 0.6) is 0 Å². The fourth-order valence-electron chi connectivity index (χ4n) is 1.89. The normalized spacial score (nSPS) is 13.5. The van der Waals surface area contributed by atoms with Gasteiger partial charge in [-0.15, -0.1) is 0 Å². The number of carbonyl (C=O) groups is 4. The third-order valence-corrected chi connectivity index (χ3v) is 4.00. The minimum atomic E-state index is -0.693. The van der Waals surface area contributed by atoms with Crippen molar-refractivity contribution in [3.05, 3.63) is 30.1 Å². The molecule has 0 atom stereocenters. The van der Waals surface area contributed by atoms with Crippen molar-refractivity contribution in [1.82, 2.24) is 10.2 Å². The van der Waals surface area contributed by atoms with E-state index in [1.807, 2.05) is 0 Å². The van der Waals surface area contributed by atoms with Gasteiger partial charge in [-0.05, 0) is 24.3 Å². The predicted octanol–water partition coefficient (Wildman–Crippen LogP) is 0.592. The summed E-state index contributed by atoms with van der Waals surface area (Å²) in [5.41, 5.74) is 0.389. The predicted molar refractivity (Wildman–Crippen MR) is 88.4 cm³/mol. The van der Waals surface area contributed by atoms with E-state index in [-0.39, 0.29) is 18.3 Å². The molecule has 2 rings (SSSR count).